The standard InChI is InChI=1S/C26H20Cl2N2O5S/c1-34-22-5-3-2-4-21(22)29-24(31)15-35-19-10-6-16(7-11-19)12-23-25(32)30(26(33)36-23)14-17-8-9-18(27)13-20(17)28/h2-13H,14-15H2,1H3,(H,29,31)/b23-12-. The zero-order valence-corrected chi connectivity index (χ0v) is 21.3. The minimum absolute atomic E-state index is 0.0572. The summed E-state index contributed by atoms with van der Waals surface area (Å²) in [6, 6.07) is 18.8. The number of anilines is 1. The number of rotatable bonds is 8. The number of halogens is 2. The van der Waals surface area contributed by atoms with Crippen LogP contribution in [0.25, 0.3) is 6.08 Å². The van der Waals surface area contributed by atoms with Crippen LogP contribution in [0.15, 0.2) is 71.6 Å². The zero-order chi connectivity index (χ0) is 25.7. The molecule has 7 nitrogen and oxygen atoms in total. The molecule has 0 atom stereocenters. The number of methoxy groups -OCH3 is 1. The van der Waals surface area contributed by atoms with Gasteiger partial charge in [-0.2, -0.15) is 0 Å². The molecule has 0 bridgehead atoms. The number of carbonyl (C=O) groups is 3. The summed E-state index contributed by atoms with van der Waals surface area (Å²) in [7, 11) is 1.53. The number of thioether (sulfide) groups is 1. The van der Waals surface area contributed by atoms with Crippen LogP contribution in [-0.2, 0) is 16.1 Å². The van der Waals surface area contributed by atoms with Crippen molar-refractivity contribution in [3.8, 4) is 11.5 Å². The van der Waals surface area contributed by atoms with Crippen LogP contribution in [0.1, 0.15) is 11.1 Å². The van der Waals surface area contributed by atoms with E-state index in [1.165, 1.54) is 7.11 Å². The van der Waals surface area contributed by atoms with E-state index in [9.17, 15) is 14.4 Å². The number of ether oxygens (including phenoxy) is 2. The zero-order valence-electron chi connectivity index (χ0n) is 19.0. The third-order valence-corrected chi connectivity index (χ3v) is 6.64. The Bertz CT molecular complexity index is 1340. The average Bonchev–Trinajstić information content (AvgIpc) is 3.12. The highest BCUT2D eigenvalue weighted by Crippen LogP contribution is 2.34. The van der Waals surface area contributed by atoms with E-state index < -0.39 is 5.91 Å². The van der Waals surface area contributed by atoms with Crippen LogP contribution in [0.3, 0.4) is 0 Å². The Morgan fingerprint density at radius 2 is 1.81 bits per heavy atom. The second-order valence-electron chi connectivity index (χ2n) is 7.61. The van der Waals surface area contributed by atoms with Gasteiger partial charge in [-0.25, -0.2) is 0 Å². The number of benzene rings is 3. The predicted octanol–water partition coefficient (Wildman–Crippen LogP) is 6.26. The smallest absolute Gasteiger partial charge is 0.293 e. The molecule has 184 valence electrons. The highest BCUT2D eigenvalue weighted by atomic mass is 35.5. The predicted molar refractivity (Wildman–Crippen MR) is 142 cm³/mol. The van der Waals surface area contributed by atoms with Crippen molar-refractivity contribution in [1.29, 1.82) is 0 Å². The molecule has 3 aromatic rings. The Kier molecular flexibility index (Phi) is 8.20. The van der Waals surface area contributed by atoms with Gasteiger partial charge in [0.15, 0.2) is 6.61 Å². The quantitative estimate of drug-likeness (QED) is 0.338. The molecule has 0 aliphatic carbocycles. The lowest BCUT2D eigenvalue weighted by atomic mass is 10.2. The second-order valence-corrected chi connectivity index (χ2v) is 9.45. The lowest BCUT2D eigenvalue weighted by Gasteiger charge is -2.13. The molecule has 3 aromatic carbocycles. The Labute approximate surface area is 222 Å². The average molecular weight is 543 g/mol. The topological polar surface area (TPSA) is 84.9 Å². The van der Waals surface area contributed by atoms with Crippen molar-refractivity contribution in [2.45, 2.75) is 6.54 Å². The molecule has 1 heterocycles. The molecule has 3 amide bonds. The van der Waals surface area contributed by atoms with Gasteiger partial charge in [0.1, 0.15) is 11.5 Å². The number of carbonyl (C=O) groups excluding carboxylic acids is 3. The van der Waals surface area contributed by atoms with Crippen molar-refractivity contribution in [3.05, 3.63) is 92.8 Å². The first-order chi connectivity index (χ1) is 17.3. The van der Waals surface area contributed by atoms with Gasteiger partial charge in [0, 0.05) is 10.0 Å². The lowest BCUT2D eigenvalue weighted by molar-refractivity contribution is -0.123. The third kappa shape index (κ3) is 6.20. The van der Waals surface area contributed by atoms with Crippen LogP contribution in [0.5, 0.6) is 11.5 Å². The molecule has 1 N–H and O–H groups in total. The SMILES string of the molecule is COc1ccccc1NC(=O)COc1ccc(/C=C2\SC(=O)N(Cc3ccc(Cl)cc3Cl)C2=O)cc1. The van der Waals surface area contributed by atoms with E-state index in [4.69, 9.17) is 32.7 Å². The molecule has 0 spiro atoms. The van der Waals surface area contributed by atoms with Crippen molar-refractivity contribution in [2.24, 2.45) is 0 Å². The fraction of sp³-hybridized carbons (Fsp3) is 0.115. The number of hydrogen-bond acceptors (Lipinski definition) is 6. The van der Waals surface area contributed by atoms with Crippen molar-refractivity contribution < 1.29 is 23.9 Å². The van der Waals surface area contributed by atoms with Crippen molar-refractivity contribution in [3.63, 3.8) is 0 Å². The Morgan fingerprint density at radius 1 is 1.06 bits per heavy atom. The maximum Gasteiger partial charge on any atom is 0.293 e. The normalized spacial score (nSPS) is 14.3. The Balaban J connectivity index is 1.35. The summed E-state index contributed by atoms with van der Waals surface area (Å²) >= 11 is 13.0. The molecule has 1 fully saturated rings. The van der Waals surface area contributed by atoms with Crippen LogP contribution < -0.4 is 14.8 Å². The number of para-hydroxylation sites is 2. The van der Waals surface area contributed by atoms with Crippen LogP contribution in [0.4, 0.5) is 10.5 Å². The molecule has 10 heteroatoms. The molecule has 0 radical (unpaired) electrons. The van der Waals surface area contributed by atoms with Gasteiger partial charge >= 0.3 is 0 Å². The Morgan fingerprint density at radius 3 is 2.53 bits per heavy atom. The van der Waals surface area contributed by atoms with E-state index in [-0.39, 0.29) is 24.3 Å². The summed E-state index contributed by atoms with van der Waals surface area (Å²) in [6.07, 6.45) is 1.63. The molecule has 0 unspecified atom stereocenters. The summed E-state index contributed by atoms with van der Waals surface area (Å²) in [5, 5.41) is 3.22. The monoisotopic (exact) mass is 542 g/mol. The molecule has 1 aliphatic heterocycles. The molecule has 1 aliphatic rings. The van der Waals surface area contributed by atoms with E-state index >= 15 is 0 Å². The summed E-state index contributed by atoms with van der Waals surface area (Å²) < 4.78 is 10.8. The van der Waals surface area contributed by atoms with E-state index in [0.717, 1.165) is 16.7 Å². The minimum Gasteiger partial charge on any atom is -0.495 e. The number of amides is 3. The first-order valence-corrected chi connectivity index (χ1v) is 12.3. The van der Waals surface area contributed by atoms with E-state index in [1.807, 2.05) is 6.07 Å². The molecule has 1 saturated heterocycles. The first kappa shape index (κ1) is 25.6. The molecule has 4 rings (SSSR count). The highest BCUT2D eigenvalue weighted by molar-refractivity contribution is 8.18. The summed E-state index contributed by atoms with van der Waals surface area (Å²) in [5.74, 6) is 0.297. The molecular formula is C26H20Cl2N2O5S. The van der Waals surface area contributed by atoms with Gasteiger partial charge in [-0.05, 0) is 65.4 Å². The van der Waals surface area contributed by atoms with Crippen LogP contribution >= 0.6 is 35.0 Å². The largest absolute Gasteiger partial charge is 0.495 e. The minimum atomic E-state index is -0.399. The highest BCUT2D eigenvalue weighted by Gasteiger charge is 2.35. The Hall–Kier alpha value is -3.46. The number of nitrogens with one attached hydrogen (secondary N) is 1. The van der Waals surface area contributed by atoms with Crippen LogP contribution in [-0.4, -0.2) is 35.7 Å². The fourth-order valence-electron chi connectivity index (χ4n) is 3.35. The first-order valence-electron chi connectivity index (χ1n) is 10.7. The number of nitrogens with zero attached hydrogens (tertiary/aromatic N) is 1. The maximum absolute atomic E-state index is 12.8. The maximum atomic E-state index is 12.8. The van der Waals surface area contributed by atoms with Gasteiger partial charge in [-0.3, -0.25) is 19.3 Å². The lowest BCUT2D eigenvalue weighted by Crippen LogP contribution is -2.27. The molecule has 0 saturated carbocycles. The summed E-state index contributed by atoms with van der Waals surface area (Å²) in [5.41, 5.74) is 1.88. The molecular weight excluding hydrogens is 523 g/mol. The molecule has 0 aromatic heterocycles. The summed E-state index contributed by atoms with van der Waals surface area (Å²) in [4.78, 5) is 38.9. The van der Waals surface area contributed by atoms with E-state index in [2.05, 4.69) is 5.32 Å². The molecule has 36 heavy (non-hydrogen) atoms. The fourth-order valence-corrected chi connectivity index (χ4v) is 4.66. The van der Waals surface area contributed by atoms with Gasteiger partial charge < -0.3 is 14.8 Å². The van der Waals surface area contributed by atoms with E-state index in [1.54, 1.807) is 66.7 Å². The van der Waals surface area contributed by atoms with Gasteiger partial charge in [0.05, 0.1) is 24.2 Å². The third-order valence-electron chi connectivity index (χ3n) is 5.15. The van der Waals surface area contributed by atoms with Crippen molar-refractivity contribution in [1.82, 2.24) is 4.90 Å². The second kappa shape index (κ2) is 11.5. The van der Waals surface area contributed by atoms with Gasteiger partial charge in [0.25, 0.3) is 17.1 Å². The number of hydrogen-bond donors (Lipinski definition) is 1. The van der Waals surface area contributed by atoms with Gasteiger partial charge in [-0.15, -0.1) is 0 Å². The van der Waals surface area contributed by atoms with Gasteiger partial charge in [0.2, 0.25) is 0 Å². The van der Waals surface area contributed by atoms with Crippen LogP contribution in [0.2, 0.25) is 10.0 Å². The van der Waals surface area contributed by atoms with Crippen molar-refractivity contribution in [2.75, 3.05) is 19.0 Å². The summed E-state index contributed by atoms with van der Waals surface area (Å²) in [6.45, 7) is -0.134. The van der Waals surface area contributed by atoms with E-state index in [0.29, 0.717) is 43.3 Å². The van der Waals surface area contributed by atoms with Crippen molar-refractivity contribution >= 4 is 63.8 Å². The van der Waals surface area contributed by atoms with Gasteiger partial charge in [-0.1, -0.05) is 53.5 Å². The number of imide groups is 1. The van der Waals surface area contributed by atoms with Crippen LogP contribution in [0, 0.1) is 0 Å².